The van der Waals surface area contributed by atoms with Gasteiger partial charge in [0.2, 0.25) is 5.91 Å². The molecule has 2 amide bonds. The third-order valence-corrected chi connectivity index (χ3v) is 4.90. The second-order valence-electron chi connectivity index (χ2n) is 5.86. The van der Waals surface area contributed by atoms with E-state index in [1.807, 2.05) is 25.1 Å². The van der Waals surface area contributed by atoms with E-state index in [0.29, 0.717) is 37.6 Å². The number of carbonyl (C=O) groups excluding carboxylic acids is 2. The van der Waals surface area contributed by atoms with E-state index in [2.05, 4.69) is 27.7 Å². The molecule has 0 spiro atoms. The lowest BCUT2D eigenvalue weighted by atomic mass is 10.1. The Labute approximate surface area is 170 Å². The van der Waals surface area contributed by atoms with Crippen molar-refractivity contribution >= 4 is 41.1 Å². The minimum atomic E-state index is -0.381. The first-order valence-corrected chi connectivity index (χ1v) is 10.5. The summed E-state index contributed by atoms with van der Waals surface area (Å²) in [4.78, 5) is 29.0. The Morgan fingerprint density at radius 3 is 2.93 bits per heavy atom. The fourth-order valence-electron chi connectivity index (χ4n) is 2.08. The van der Waals surface area contributed by atoms with E-state index < -0.39 is 0 Å². The van der Waals surface area contributed by atoms with Crippen molar-refractivity contribution in [2.24, 2.45) is 4.99 Å². The maximum absolute atomic E-state index is 11.8. The second kappa shape index (κ2) is 14.2. The van der Waals surface area contributed by atoms with Gasteiger partial charge >= 0.3 is 6.09 Å². The van der Waals surface area contributed by atoms with E-state index in [4.69, 9.17) is 4.74 Å². The predicted octanol–water partition coefficient (Wildman–Crippen LogP) is 3.41. The fraction of sp³-hybridized carbons (Fsp3) is 0.526. The van der Waals surface area contributed by atoms with Gasteiger partial charge in [0.15, 0.2) is 0 Å². The van der Waals surface area contributed by atoms with Crippen molar-refractivity contribution in [3.63, 3.8) is 0 Å². The largest absolute Gasteiger partial charge is 0.414 e. The zero-order valence-electron chi connectivity index (χ0n) is 15.9. The average Bonchev–Trinajstić information content (AvgIpc) is 2.67. The van der Waals surface area contributed by atoms with Crippen molar-refractivity contribution in [1.82, 2.24) is 10.2 Å². The Morgan fingerprint density at radius 2 is 2.19 bits per heavy atom. The number of isothiocyanates is 1. The fourth-order valence-corrected chi connectivity index (χ4v) is 3.01. The molecule has 0 saturated heterocycles. The van der Waals surface area contributed by atoms with E-state index >= 15 is 0 Å². The minimum Gasteiger partial charge on any atom is -0.410 e. The topological polar surface area (TPSA) is 71.0 Å². The van der Waals surface area contributed by atoms with Gasteiger partial charge in [-0.1, -0.05) is 12.1 Å². The summed E-state index contributed by atoms with van der Waals surface area (Å²) in [5, 5.41) is 5.26. The van der Waals surface area contributed by atoms with Crippen molar-refractivity contribution in [3.8, 4) is 5.75 Å². The van der Waals surface area contributed by atoms with Crippen LogP contribution in [0.25, 0.3) is 0 Å². The van der Waals surface area contributed by atoms with Gasteiger partial charge in [-0.15, -0.1) is 0 Å². The van der Waals surface area contributed by atoms with Gasteiger partial charge in [0, 0.05) is 26.7 Å². The van der Waals surface area contributed by atoms with Gasteiger partial charge in [0.25, 0.3) is 0 Å². The number of unbranched alkanes of at least 4 members (excludes halogenated alkanes) is 1. The SMILES string of the molecule is CCN(C)C(=O)Oc1cccc(CCNC(=O)CSCCCCN=C=S)c1. The average molecular weight is 410 g/mol. The van der Waals surface area contributed by atoms with Crippen molar-refractivity contribution in [1.29, 1.82) is 0 Å². The second-order valence-corrected chi connectivity index (χ2v) is 7.15. The molecule has 6 nitrogen and oxygen atoms in total. The lowest BCUT2D eigenvalue weighted by molar-refractivity contribution is -0.118. The van der Waals surface area contributed by atoms with Gasteiger partial charge < -0.3 is 15.0 Å². The van der Waals surface area contributed by atoms with Crippen LogP contribution in [0.1, 0.15) is 25.3 Å². The van der Waals surface area contributed by atoms with Gasteiger partial charge in [-0.25, -0.2) is 9.79 Å². The summed E-state index contributed by atoms with van der Waals surface area (Å²) in [5.74, 6) is 1.93. The van der Waals surface area contributed by atoms with Crippen LogP contribution >= 0.6 is 24.0 Å². The van der Waals surface area contributed by atoms with E-state index in [1.165, 1.54) is 4.90 Å². The quantitative estimate of drug-likeness (QED) is 0.325. The molecule has 0 fully saturated rings. The Morgan fingerprint density at radius 1 is 1.37 bits per heavy atom. The predicted molar refractivity (Wildman–Crippen MR) is 114 cm³/mol. The van der Waals surface area contributed by atoms with Crippen LogP contribution in [0, 0.1) is 0 Å². The number of nitrogens with one attached hydrogen (secondary N) is 1. The number of aliphatic imine (C=N–C) groups is 1. The number of ether oxygens (including phenoxy) is 1. The molecule has 0 unspecified atom stereocenters. The molecule has 8 heteroatoms. The van der Waals surface area contributed by atoms with E-state index in [-0.39, 0.29) is 12.0 Å². The Balaban J connectivity index is 2.23. The molecule has 1 aromatic carbocycles. The number of rotatable bonds is 12. The van der Waals surface area contributed by atoms with Crippen LogP contribution in [0.2, 0.25) is 0 Å². The molecule has 0 saturated carbocycles. The number of nitrogens with zero attached hydrogens (tertiary/aromatic N) is 2. The summed E-state index contributed by atoms with van der Waals surface area (Å²) in [6, 6.07) is 7.36. The molecular weight excluding hydrogens is 382 g/mol. The Bertz CT molecular complexity index is 649. The van der Waals surface area contributed by atoms with Gasteiger partial charge in [0.05, 0.1) is 10.9 Å². The van der Waals surface area contributed by atoms with Crippen LogP contribution in [0.5, 0.6) is 5.75 Å². The monoisotopic (exact) mass is 409 g/mol. The highest BCUT2D eigenvalue weighted by molar-refractivity contribution is 7.99. The summed E-state index contributed by atoms with van der Waals surface area (Å²) in [6.45, 7) is 3.73. The van der Waals surface area contributed by atoms with Crippen molar-refractivity contribution in [3.05, 3.63) is 29.8 Å². The third-order valence-electron chi connectivity index (χ3n) is 3.73. The standard InChI is InChI=1S/C19H27N3O3S2/c1-3-22(2)19(24)25-17-8-6-7-16(13-17)9-11-21-18(23)14-27-12-5-4-10-20-15-26/h6-8,13H,3-5,9-12,14H2,1-2H3,(H,21,23). The molecule has 0 aliphatic rings. The molecule has 27 heavy (non-hydrogen) atoms. The molecule has 1 rings (SSSR count). The Kier molecular flexibility index (Phi) is 12.2. The lowest BCUT2D eigenvalue weighted by Gasteiger charge is -2.14. The van der Waals surface area contributed by atoms with Crippen LogP contribution in [0.15, 0.2) is 29.3 Å². The number of benzene rings is 1. The van der Waals surface area contributed by atoms with Crippen LogP contribution < -0.4 is 10.1 Å². The summed E-state index contributed by atoms with van der Waals surface area (Å²) in [7, 11) is 1.69. The van der Waals surface area contributed by atoms with Gasteiger partial charge in [0.1, 0.15) is 5.75 Å². The van der Waals surface area contributed by atoms with Crippen LogP contribution in [0.4, 0.5) is 4.79 Å². The summed E-state index contributed by atoms with van der Waals surface area (Å²) < 4.78 is 5.32. The van der Waals surface area contributed by atoms with Crippen LogP contribution in [-0.4, -0.2) is 60.2 Å². The molecule has 0 aliphatic heterocycles. The summed E-state index contributed by atoms with van der Waals surface area (Å²) in [6.07, 6.45) is 2.28. The summed E-state index contributed by atoms with van der Waals surface area (Å²) in [5.41, 5.74) is 1.01. The molecule has 0 heterocycles. The maximum Gasteiger partial charge on any atom is 0.414 e. The van der Waals surface area contributed by atoms with Gasteiger partial charge in [-0.3, -0.25) is 4.79 Å². The van der Waals surface area contributed by atoms with Crippen molar-refractivity contribution < 1.29 is 14.3 Å². The van der Waals surface area contributed by atoms with E-state index in [0.717, 1.165) is 24.2 Å². The van der Waals surface area contributed by atoms with Gasteiger partial charge in [-0.05, 0) is 61.9 Å². The minimum absolute atomic E-state index is 0.0315. The molecule has 0 aliphatic carbocycles. The normalized spacial score (nSPS) is 10.0. The molecule has 0 aromatic heterocycles. The highest BCUT2D eigenvalue weighted by Gasteiger charge is 2.09. The highest BCUT2D eigenvalue weighted by Crippen LogP contribution is 2.14. The molecule has 0 radical (unpaired) electrons. The van der Waals surface area contributed by atoms with Crippen molar-refractivity contribution in [2.75, 3.05) is 38.2 Å². The molecule has 0 bridgehead atoms. The molecule has 148 valence electrons. The lowest BCUT2D eigenvalue weighted by Crippen LogP contribution is -2.29. The number of thiocarbonyl (C=S) groups is 1. The van der Waals surface area contributed by atoms with Gasteiger partial charge in [-0.2, -0.15) is 11.8 Å². The van der Waals surface area contributed by atoms with E-state index in [9.17, 15) is 9.59 Å². The number of hydrogen-bond donors (Lipinski definition) is 1. The molecular formula is C19H27N3O3S2. The first-order chi connectivity index (χ1) is 13.1. The third kappa shape index (κ3) is 10.8. The molecule has 1 N–H and O–H groups in total. The first kappa shape index (κ1) is 23.1. The van der Waals surface area contributed by atoms with Crippen molar-refractivity contribution in [2.45, 2.75) is 26.2 Å². The van der Waals surface area contributed by atoms with Crippen LogP contribution in [-0.2, 0) is 11.2 Å². The maximum atomic E-state index is 11.8. The van der Waals surface area contributed by atoms with Crippen LogP contribution in [0.3, 0.4) is 0 Å². The summed E-state index contributed by atoms with van der Waals surface area (Å²) >= 11 is 6.12. The Hall–Kier alpha value is -1.89. The zero-order valence-corrected chi connectivity index (χ0v) is 17.5. The number of hydrogen-bond acceptors (Lipinski definition) is 6. The first-order valence-electron chi connectivity index (χ1n) is 8.96. The molecule has 1 aromatic rings. The molecule has 0 atom stereocenters. The van der Waals surface area contributed by atoms with E-state index in [1.54, 1.807) is 24.9 Å². The smallest absolute Gasteiger partial charge is 0.410 e. The number of amides is 2. The highest BCUT2D eigenvalue weighted by atomic mass is 32.2. The number of thioether (sulfide) groups is 1. The zero-order chi connectivity index (χ0) is 19.9. The number of carbonyl (C=O) groups is 2.